The van der Waals surface area contributed by atoms with Crippen LogP contribution in [0.15, 0.2) is 54.6 Å². The SMILES string of the molecule is O=C(CO)[C@@H](/C=C/c1ccc(O)cc1)c1ccc(O)cc1. The van der Waals surface area contributed by atoms with E-state index in [9.17, 15) is 15.0 Å². The molecule has 4 nitrogen and oxygen atoms in total. The van der Waals surface area contributed by atoms with E-state index in [0.717, 1.165) is 5.56 Å². The molecule has 0 bridgehead atoms. The van der Waals surface area contributed by atoms with Crippen molar-refractivity contribution in [3.63, 3.8) is 0 Å². The number of aromatic hydroxyl groups is 2. The van der Waals surface area contributed by atoms with Crippen LogP contribution in [0.5, 0.6) is 11.5 Å². The number of hydrogen-bond donors (Lipinski definition) is 3. The van der Waals surface area contributed by atoms with Gasteiger partial charge in [0.15, 0.2) is 5.78 Å². The second-order valence-corrected chi connectivity index (χ2v) is 4.64. The van der Waals surface area contributed by atoms with Crippen molar-refractivity contribution in [1.82, 2.24) is 0 Å². The molecular weight excluding hydrogens is 268 g/mol. The van der Waals surface area contributed by atoms with Gasteiger partial charge in [0.2, 0.25) is 0 Å². The Balaban J connectivity index is 2.26. The predicted molar refractivity (Wildman–Crippen MR) is 80.1 cm³/mol. The Kier molecular flexibility index (Phi) is 4.74. The predicted octanol–water partition coefficient (Wildman–Crippen LogP) is 2.46. The number of benzene rings is 2. The van der Waals surface area contributed by atoms with Crippen molar-refractivity contribution in [1.29, 1.82) is 0 Å². The van der Waals surface area contributed by atoms with Crippen molar-refractivity contribution in [3.8, 4) is 11.5 Å². The molecule has 0 saturated heterocycles. The molecule has 0 aromatic heterocycles. The number of ketones is 1. The van der Waals surface area contributed by atoms with Gasteiger partial charge in [0.25, 0.3) is 0 Å². The number of hydrogen-bond acceptors (Lipinski definition) is 4. The van der Waals surface area contributed by atoms with Crippen LogP contribution in [0.1, 0.15) is 17.0 Å². The van der Waals surface area contributed by atoms with Crippen LogP contribution in [0, 0.1) is 0 Å². The Hall–Kier alpha value is -2.59. The van der Waals surface area contributed by atoms with Crippen molar-refractivity contribution < 1.29 is 20.1 Å². The van der Waals surface area contributed by atoms with Crippen LogP contribution in [0.2, 0.25) is 0 Å². The van der Waals surface area contributed by atoms with Crippen LogP contribution >= 0.6 is 0 Å². The first-order valence-electron chi connectivity index (χ1n) is 6.50. The van der Waals surface area contributed by atoms with Gasteiger partial charge < -0.3 is 15.3 Å². The number of carbonyl (C=O) groups is 1. The average Bonchev–Trinajstić information content (AvgIpc) is 2.50. The molecule has 0 spiro atoms. The zero-order valence-corrected chi connectivity index (χ0v) is 11.3. The van der Waals surface area contributed by atoms with E-state index in [1.54, 1.807) is 48.6 Å². The highest BCUT2D eigenvalue weighted by Gasteiger charge is 2.16. The normalized spacial score (nSPS) is 12.4. The zero-order chi connectivity index (χ0) is 15.2. The number of rotatable bonds is 5. The van der Waals surface area contributed by atoms with E-state index in [4.69, 9.17) is 5.11 Å². The largest absolute Gasteiger partial charge is 0.508 e. The van der Waals surface area contributed by atoms with Crippen molar-refractivity contribution in [3.05, 3.63) is 65.7 Å². The first-order chi connectivity index (χ1) is 10.1. The summed E-state index contributed by atoms with van der Waals surface area (Å²) in [7, 11) is 0. The van der Waals surface area contributed by atoms with Gasteiger partial charge in [0.05, 0.1) is 5.92 Å². The van der Waals surface area contributed by atoms with E-state index in [2.05, 4.69) is 0 Å². The minimum absolute atomic E-state index is 0.122. The van der Waals surface area contributed by atoms with E-state index >= 15 is 0 Å². The number of aliphatic hydroxyl groups excluding tert-OH is 1. The molecule has 0 saturated carbocycles. The molecule has 21 heavy (non-hydrogen) atoms. The van der Waals surface area contributed by atoms with Gasteiger partial charge in [-0.2, -0.15) is 0 Å². The maximum absolute atomic E-state index is 11.9. The summed E-state index contributed by atoms with van der Waals surface area (Å²) in [5, 5.41) is 27.6. The lowest BCUT2D eigenvalue weighted by atomic mass is 9.93. The summed E-state index contributed by atoms with van der Waals surface area (Å²) in [4.78, 5) is 11.9. The molecule has 1 atom stereocenters. The van der Waals surface area contributed by atoms with Gasteiger partial charge in [0, 0.05) is 0 Å². The molecule has 0 amide bonds. The summed E-state index contributed by atoms with van der Waals surface area (Å²) < 4.78 is 0. The molecule has 4 heteroatoms. The lowest BCUT2D eigenvalue weighted by Crippen LogP contribution is -2.14. The fourth-order valence-electron chi connectivity index (χ4n) is 1.98. The lowest BCUT2D eigenvalue weighted by molar-refractivity contribution is -0.122. The highest BCUT2D eigenvalue weighted by molar-refractivity contribution is 5.89. The maximum atomic E-state index is 11.9. The second kappa shape index (κ2) is 6.72. The summed E-state index contributed by atoms with van der Waals surface area (Å²) in [6, 6.07) is 12.9. The second-order valence-electron chi connectivity index (χ2n) is 4.64. The van der Waals surface area contributed by atoms with Crippen molar-refractivity contribution in [2.24, 2.45) is 0 Å². The van der Waals surface area contributed by atoms with Gasteiger partial charge in [-0.15, -0.1) is 0 Å². The zero-order valence-electron chi connectivity index (χ0n) is 11.3. The van der Waals surface area contributed by atoms with E-state index in [-0.39, 0.29) is 17.3 Å². The van der Waals surface area contributed by atoms with Gasteiger partial charge in [0.1, 0.15) is 18.1 Å². The van der Waals surface area contributed by atoms with Gasteiger partial charge in [-0.25, -0.2) is 0 Å². The van der Waals surface area contributed by atoms with E-state index in [1.807, 2.05) is 0 Å². The van der Waals surface area contributed by atoms with Crippen LogP contribution in [0.3, 0.4) is 0 Å². The van der Waals surface area contributed by atoms with Gasteiger partial charge in [-0.3, -0.25) is 4.79 Å². The minimum atomic E-state index is -0.579. The smallest absolute Gasteiger partial charge is 0.169 e. The topological polar surface area (TPSA) is 77.8 Å². The number of aliphatic hydroxyl groups is 1. The summed E-state index contributed by atoms with van der Waals surface area (Å²) >= 11 is 0. The molecule has 0 aliphatic heterocycles. The number of carbonyl (C=O) groups excluding carboxylic acids is 1. The number of Topliss-reactive ketones (excluding diaryl/α,β-unsaturated/α-hetero) is 1. The van der Waals surface area contributed by atoms with Gasteiger partial charge in [-0.1, -0.05) is 36.4 Å². The summed E-state index contributed by atoms with van der Waals surface area (Å²) in [6.45, 7) is -0.550. The monoisotopic (exact) mass is 284 g/mol. The molecule has 0 unspecified atom stereocenters. The molecule has 2 aromatic carbocycles. The van der Waals surface area contributed by atoms with E-state index in [0.29, 0.717) is 5.56 Å². The summed E-state index contributed by atoms with van der Waals surface area (Å²) in [5.41, 5.74) is 1.53. The minimum Gasteiger partial charge on any atom is -0.508 e. The first-order valence-corrected chi connectivity index (χ1v) is 6.50. The number of allylic oxidation sites excluding steroid dienone is 1. The van der Waals surface area contributed by atoms with Crippen LogP contribution in [-0.4, -0.2) is 27.7 Å². The third-order valence-electron chi connectivity index (χ3n) is 3.13. The molecule has 2 rings (SSSR count). The molecular formula is C17H16O4. The third kappa shape index (κ3) is 3.94. The van der Waals surface area contributed by atoms with Crippen LogP contribution < -0.4 is 0 Å². The molecule has 3 N–H and O–H groups in total. The molecule has 0 radical (unpaired) electrons. The molecule has 0 aliphatic carbocycles. The molecule has 0 fully saturated rings. The molecule has 0 heterocycles. The Morgan fingerprint density at radius 2 is 1.48 bits per heavy atom. The molecule has 2 aromatic rings. The number of phenolic OH excluding ortho intramolecular Hbond substituents is 2. The third-order valence-corrected chi connectivity index (χ3v) is 3.13. The Bertz CT molecular complexity index is 627. The maximum Gasteiger partial charge on any atom is 0.169 e. The van der Waals surface area contributed by atoms with Gasteiger partial charge in [-0.05, 0) is 35.4 Å². The Morgan fingerprint density at radius 3 is 2.00 bits per heavy atom. The first kappa shape index (κ1) is 14.8. The van der Waals surface area contributed by atoms with Crippen LogP contribution in [-0.2, 0) is 4.79 Å². The molecule has 0 aliphatic rings. The van der Waals surface area contributed by atoms with Crippen molar-refractivity contribution in [2.45, 2.75) is 5.92 Å². The highest BCUT2D eigenvalue weighted by Crippen LogP contribution is 2.22. The standard InChI is InChI=1S/C17H16O4/c18-11-17(21)16(13-4-8-15(20)9-5-13)10-3-12-1-6-14(19)7-2-12/h1-10,16,18-20H,11H2/b10-3+/t16-/m0/s1. The summed E-state index contributed by atoms with van der Waals surface area (Å²) in [5.74, 6) is -0.606. The fourth-order valence-corrected chi connectivity index (χ4v) is 1.98. The summed E-state index contributed by atoms with van der Waals surface area (Å²) in [6.07, 6.45) is 3.45. The van der Waals surface area contributed by atoms with Crippen molar-refractivity contribution in [2.75, 3.05) is 6.61 Å². The number of phenols is 2. The highest BCUT2D eigenvalue weighted by atomic mass is 16.3. The van der Waals surface area contributed by atoms with Crippen LogP contribution in [0.25, 0.3) is 6.08 Å². The average molecular weight is 284 g/mol. The lowest BCUT2D eigenvalue weighted by Gasteiger charge is -2.11. The Labute approximate surface area is 122 Å². The fraction of sp³-hybridized carbons (Fsp3) is 0.118. The van der Waals surface area contributed by atoms with Crippen LogP contribution in [0.4, 0.5) is 0 Å². The van der Waals surface area contributed by atoms with E-state index < -0.39 is 12.5 Å². The van der Waals surface area contributed by atoms with E-state index in [1.165, 1.54) is 12.1 Å². The Morgan fingerprint density at radius 1 is 0.952 bits per heavy atom. The van der Waals surface area contributed by atoms with Crippen molar-refractivity contribution >= 4 is 11.9 Å². The quantitative estimate of drug-likeness (QED) is 0.788. The van der Waals surface area contributed by atoms with Gasteiger partial charge >= 0.3 is 0 Å². The molecule has 108 valence electrons.